The van der Waals surface area contributed by atoms with Crippen LogP contribution in [0, 0.1) is 11.8 Å². The third-order valence-corrected chi connectivity index (χ3v) is 4.33. The van der Waals surface area contributed by atoms with Gasteiger partial charge in [-0.25, -0.2) is 0 Å². The van der Waals surface area contributed by atoms with Crippen molar-refractivity contribution in [1.82, 2.24) is 10.2 Å². The van der Waals surface area contributed by atoms with Crippen molar-refractivity contribution in [3.05, 3.63) is 25.3 Å². The van der Waals surface area contributed by atoms with Gasteiger partial charge in [-0.2, -0.15) is 0 Å². The van der Waals surface area contributed by atoms with Crippen LogP contribution < -0.4 is 5.32 Å². The summed E-state index contributed by atoms with van der Waals surface area (Å²) < 4.78 is 0. The first-order valence-corrected chi connectivity index (χ1v) is 9.00. The number of piperidine rings is 2. The highest BCUT2D eigenvalue weighted by Gasteiger charge is 2.25. The lowest BCUT2D eigenvalue weighted by Gasteiger charge is -2.29. The minimum Gasteiger partial charge on any atom is -0.481 e. The van der Waals surface area contributed by atoms with E-state index in [0.29, 0.717) is 25.9 Å². The number of carbonyl (C=O) groups excluding carboxylic acids is 2. The number of likely N-dealkylation sites (tertiary alicyclic amines) is 1. The minimum atomic E-state index is -0.759. The molecule has 27 heavy (non-hydrogen) atoms. The summed E-state index contributed by atoms with van der Waals surface area (Å²) in [6, 6.07) is 0. The quantitative estimate of drug-likeness (QED) is 0.480. The van der Waals surface area contributed by atoms with E-state index in [-0.39, 0.29) is 17.7 Å². The van der Waals surface area contributed by atoms with E-state index in [9.17, 15) is 19.2 Å². The summed E-state index contributed by atoms with van der Waals surface area (Å²) in [6.07, 6.45) is 4.98. The highest BCUT2D eigenvalue weighted by molar-refractivity contribution is 6.66. The summed E-state index contributed by atoms with van der Waals surface area (Å²) in [5, 5.41) is 19.8. The number of carboxylic acids is 2. The number of amides is 1. The molecule has 0 aliphatic carbocycles. The number of carboxylic acid groups (broad SMARTS) is 2. The fraction of sp³-hybridized carbons (Fsp3) is 0.556. The molecule has 0 saturated carbocycles. The summed E-state index contributed by atoms with van der Waals surface area (Å²) in [6.45, 7) is 9.24. The van der Waals surface area contributed by atoms with Gasteiger partial charge in [0.1, 0.15) is 0 Å². The molecule has 0 radical (unpaired) electrons. The Morgan fingerprint density at radius 3 is 1.59 bits per heavy atom. The number of hydrogen-bond acceptors (Lipinski definition) is 5. The first kappa shape index (κ1) is 24.8. The maximum atomic E-state index is 11.1. The molecule has 0 spiro atoms. The average Bonchev–Trinajstić information content (AvgIpc) is 2.69. The van der Waals surface area contributed by atoms with Crippen LogP contribution in [-0.2, 0) is 19.2 Å². The van der Waals surface area contributed by atoms with E-state index in [2.05, 4.69) is 18.5 Å². The van der Waals surface area contributed by atoms with Gasteiger partial charge in [-0.3, -0.25) is 19.2 Å². The number of halogens is 1. The van der Waals surface area contributed by atoms with Gasteiger partial charge in [0.05, 0.1) is 11.8 Å². The van der Waals surface area contributed by atoms with Crippen LogP contribution in [0.1, 0.15) is 25.7 Å². The highest BCUT2D eigenvalue weighted by Crippen LogP contribution is 2.17. The van der Waals surface area contributed by atoms with Crippen molar-refractivity contribution >= 4 is 34.7 Å². The van der Waals surface area contributed by atoms with Gasteiger partial charge in [0.15, 0.2) is 0 Å². The Kier molecular flexibility index (Phi) is 12.8. The second-order valence-corrected chi connectivity index (χ2v) is 6.39. The lowest BCUT2D eigenvalue weighted by molar-refractivity contribution is -0.145. The van der Waals surface area contributed by atoms with Gasteiger partial charge in [-0.15, -0.1) is 0 Å². The van der Waals surface area contributed by atoms with E-state index >= 15 is 0 Å². The molecule has 0 aromatic heterocycles. The zero-order valence-corrected chi connectivity index (χ0v) is 16.0. The van der Waals surface area contributed by atoms with Crippen molar-refractivity contribution in [2.75, 3.05) is 26.2 Å². The highest BCUT2D eigenvalue weighted by atomic mass is 35.5. The molecule has 0 atom stereocenters. The van der Waals surface area contributed by atoms with E-state index in [1.54, 1.807) is 4.90 Å². The molecule has 2 saturated heterocycles. The topological polar surface area (TPSA) is 124 Å². The van der Waals surface area contributed by atoms with Crippen LogP contribution in [0.3, 0.4) is 0 Å². The lowest BCUT2D eigenvalue weighted by atomic mass is 9.97. The van der Waals surface area contributed by atoms with Crippen molar-refractivity contribution in [1.29, 1.82) is 0 Å². The first-order valence-electron chi connectivity index (χ1n) is 8.62. The number of nitrogens with one attached hydrogen (secondary N) is 1. The predicted molar refractivity (Wildman–Crippen MR) is 101 cm³/mol. The summed E-state index contributed by atoms with van der Waals surface area (Å²) in [4.78, 5) is 43.1. The summed E-state index contributed by atoms with van der Waals surface area (Å²) in [5.41, 5.74) is 0. The smallest absolute Gasteiger partial charge is 0.306 e. The monoisotopic (exact) mass is 402 g/mol. The van der Waals surface area contributed by atoms with E-state index in [1.165, 1.54) is 6.08 Å². The normalized spacial score (nSPS) is 17.3. The Labute approximate surface area is 163 Å². The number of rotatable bonds is 4. The molecule has 0 aromatic rings. The van der Waals surface area contributed by atoms with Crippen LogP contribution in [0.4, 0.5) is 0 Å². The summed E-state index contributed by atoms with van der Waals surface area (Å²) >= 11 is 4.71. The van der Waals surface area contributed by atoms with Crippen LogP contribution in [0.2, 0.25) is 0 Å². The van der Waals surface area contributed by atoms with E-state index < -0.39 is 17.2 Å². The van der Waals surface area contributed by atoms with Crippen molar-refractivity contribution < 1.29 is 29.4 Å². The SMILES string of the molecule is C=CC(=O)Cl.C=CC(=O)N1CCC(C(=O)O)CC1.O=C(O)C1CCNCC1. The number of carbonyl (C=O) groups is 4. The maximum absolute atomic E-state index is 11.1. The molecule has 2 heterocycles. The number of hydrogen-bond donors (Lipinski definition) is 3. The largest absolute Gasteiger partial charge is 0.481 e. The zero-order chi connectivity index (χ0) is 20.8. The fourth-order valence-corrected chi connectivity index (χ4v) is 2.54. The minimum absolute atomic E-state index is 0.0914. The van der Waals surface area contributed by atoms with Crippen LogP contribution >= 0.6 is 11.6 Å². The second kappa shape index (κ2) is 13.9. The number of nitrogens with zero attached hydrogens (tertiary/aromatic N) is 1. The summed E-state index contributed by atoms with van der Waals surface area (Å²) in [5.74, 6) is -1.88. The van der Waals surface area contributed by atoms with Crippen molar-refractivity contribution in [3.8, 4) is 0 Å². The molecule has 0 bridgehead atoms. The standard InChI is InChI=1S/C9H13NO3.C6H11NO2.C3H3ClO/c1-2-8(11)10-5-3-7(4-6-10)9(12)13;8-6(9)5-1-3-7-4-2-5;1-2-3(4)5/h2,7H,1,3-6H2,(H,12,13);5,7H,1-4H2,(H,8,9);2H,1H2. The van der Waals surface area contributed by atoms with Crippen molar-refractivity contribution in [3.63, 3.8) is 0 Å². The van der Waals surface area contributed by atoms with Crippen molar-refractivity contribution in [2.24, 2.45) is 11.8 Å². The van der Waals surface area contributed by atoms with Crippen LogP contribution in [0.15, 0.2) is 25.3 Å². The molecule has 152 valence electrons. The molecule has 9 heteroatoms. The molecule has 2 aliphatic heterocycles. The third-order valence-electron chi connectivity index (χ3n) is 4.18. The second-order valence-electron chi connectivity index (χ2n) is 6.01. The van der Waals surface area contributed by atoms with Gasteiger partial charge in [-0.05, 0) is 62.5 Å². The fourth-order valence-electron chi connectivity index (χ4n) is 2.54. The number of allylic oxidation sites excluding steroid dienone is 1. The molecular formula is C18H27ClN2O6. The molecule has 8 nitrogen and oxygen atoms in total. The van der Waals surface area contributed by atoms with Gasteiger partial charge in [0, 0.05) is 13.1 Å². The predicted octanol–water partition coefficient (Wildman–Crippen LogP) is 1.50. The molecule has 2 rings (SSSR count). The zero-order valence-electron chi connectivity index (χ0n) is 15.2. The van der Waals surface area contributed by atoms with Gasteiger partial charge < -0.3 is 20.4 Å². The number of aliphatic carboxylic acids is 2. The maximum Gasteiger partial charge on any atom is 0.306 e. The third kappa shape index (κ3) is 11.2. The van der Waals surface area contributed by atoms with Gasteiger partial charge >= 0.3 is 11.9 Å². The van der Waals surface area contributed by atoms with Gasteiger partial charge in [-0.1, -0.05) is 13.2 Å². The Hall–Kier alpha value is -2.19. The van der Waals surface area contributed by atoms with Crippen LogP contribution in [0.25, 0.3) is 0 Å². The Morgan fingerprint density at radius 1 is 0.889 bits per heavy atom. The van der Waals surface area contributed by atoms with Crippen molar-refractivity contribution in [2.45, 2.75) is 25.7 Å². The lowest BCUT2D eigenvalue weighted by Crippen LogP contribution is -2.39. The molecule has 3 N–H and O–H groups in total. The first-order chi connectivity index (χ1) is 12.7. The van der Waals surface area contributed by atoms with E-state index in [4.69, 9.17) is 21.8 Å². The Balaban J connectivity index is 0.000000419. The Morgan fingerprint density at radius 2 is 1.30 bits per heavy atom. The molecule has 1 amide bonds. The average molecular weight is 403 g/mol. The van der Waals surface area contributed by atoms with E-state index in [0.717, 1.165) is 32.0 Å². The molecule has 0 unspecified atom stereocenters. The van der Waals surface area contributed by atoms with Gasteiger partial charge in [0.2, 0.25) is 11.1 Å². The van der Waals surface area contributed by atoms with Crippen LogP contribution in [0.5, 0.6) is 0 Å². The summed E-state index contributed by atoms with van der Waals surface area (Å²) in [7, 11) is 0. The van der Waals surface area contributed by atoms with E-state index in [1.807, 2.05) is 0 Å². The van der Waals surface area contributed by atoms with Crippen LogP contribution in [-0.4, -0.2) is 64.4 Å². The Bertz CT molecular complexity index is 538. The molecular weight excluding hydrogens is 376 g/mol. The molecule has 2 aliphatic rings. The molecule has 2 fully saturated rings. The van der Waals surface area contributed by atoms with Gasteiger partial charge in [0.25, 0.3) is 0 Å². The molecule has 0 aromatic carbocycles.